The Labute approximate surface area is 252 Å². The second-order valence-electron chi connectivity index (χ2n) is 10.2. The van der Waals surface area contributed by atoms with Crippen molar-refractivity contribution in [2.75, 3.05) is 0 Å². The maximum Gasteiger partial charge on any atom is 0.418 e. The Bertz CT molecular complexity index is 1640. The number of halogens is 6. The summed E-state index contributed by atoms with van der Waals surface area (Å²) < 4.78 is 92.5. The number of esters is 2. The normalized spacial score (nSPS) is 13.4. The molecule has 8 nitrogen and oxygen atoms in total. The van der Waals surface area contributed by atoms with Crippen molar-refractivity contribution in [1.29, 1.82) is 0 Å². The third kappa shape index (κ3) is 7.57. The molecule has 0 aliphatic carbocycles. The Morgan fingerprint density at radius 3 is 1.56 bits per heavy atom. The summed E-state index contributed by atoms with van der Waals surface area (Å²) in [7, 11) is 0. The number of rotatable bonds is 10. The van der Waals surface area contributed by atoms with Gasteiger partial charge in [-0.2, -0.15) is 26.3 Å². The van der Waals surface area contributed by atoms with Crippen LogP contribution in [0.15, 0.2) is 60.7 Å². The number of aromatic amines is 2. The lowest BCUT2D eigenvalue weighted by atomic mass is 9.98. The number of aliphatic hydroxyl groups excluding tert-OH is 2. The highest BCUT2D eigenvalue weighted by Gasteiger charge is 2.45. The Morgan fingerprint density at radius 2 is 1.09 bits per heavy atom. The van der Waals surface area contributed by atoms with Gasteiger partial charge in [-0.25, -0.2) is 9.59 Å². The van der Waals surface area contributed by atoms with Crippen LogP contribution in [-0.4, -0.2) is 44.5 Å². The van der Waals surface area contributed by atoms with Crippen molar-refractivity contribution < 1.29 is 55.6 Å². The van der Waals surface area contributed by atoms with Gasteiger partial charge in [0.15, 0.2) is 12.2 Å². The molecule has 0 amide bonds. The summed E-state index contributed by atoms with van der Waals surface area (Å²) in [5.41, 5.74) is -2.86. The van der Waals surface area contributed by atoms with Crippen LogP contribution in [0.3, 0.4) is 0 Å². The Kier molecular flexibility index (Phi) is 9.78. The highest BCUT2D eigenvalue weighted by atomic mass is 19.4. The molecule has 0 bridgehead atoms. The number of hydrogen-bond donors (Lipinski definition) is 4. The topological polar surface area (TPSA) is 125 Å². The molecule has 0 saturated carbocycles. The van der Waals surface area contributed by atoms with Gasteiger partial charge in [-0.15, -0.1) is 0 Å². The molecule has 2 atom stereocenters. The summed E-state index contributed by atoms with van der Waals surface area (Å²) in [6.45, 7) is 1.75. The first-order valence-electron chi connectivity index (χ1n) is 13.4. The molecule has 4 aromatic rings. The SMILES string of the molecule is Cc1c(C(=O)OCc2ccccc2)[nH]c(Cc2[nH]c(C(=O)OCc3ccccc3)c([C@@H](O)C(F)(F)F)c2C)c1[C@@H](O)C(F)(F)F. The second-order valence-corrected chi connectivity index (χ2v) is 10.2. The van der Waals surface area contributed by atoms with Gasteiger partial charge in [0.25, 0.3) is 0 Å². The number of aliphatic hydroxyl groups is 2. The van der Waals surface area contributed by atoms with Gasteiger partial charge in [0.05, 0.1) is 0 Å². The largest absolute Gasteiger partial charge is 0.456 e. The number of H-pyrrole nitrogens is 2. The molecule has 0 fully saturated rings. The zero-order chi connectivity index (χ0) is 33.1. The van der Waals surface area contributed by atoms with Crippen LogP contribution in [0, 0.1) is 13.8 Å². The van der Waals surface area contributed by atoms with Crippen LogP contribution in [0.5, 0.6) is 0 Å². The fourth-order valence-corrected chi connectivity index (χ4v) is 4.82. The molecule has 14 heteroatoms. The first-order valence-corrected chi connectivity index (χ1v) is 13.4. The molecular formula is C31H28F6N2O6. The Hall–Kier alpha value is -4.56. The van der Waals surface area contributed by atoms with E-state index < -0.39 is 65.4 Å². The van der Waals surface area contributed by atoms with E-state index in [9.17, 15) is 46.1 Å². The summed E-state index contributed by atoms with van der Waals surface area (Å²) in [6.07, 6.45) is -17.2. The van der Waals surface area contributed by atoms with Gasteiger partial charge in [-0.1, -0.05) is 60.7 Å². The highest BCUT2D eigenvalue weighted by molar-refractivity contribution is 5.91. The zero-order valence-corrected chi connectivity index (χ0v) is 23.8. The van der Waals surface area contributed by atoms with Gasteiger partial charge in [0.1, 0.15) is 24.6 Å². The van der Waals surface area contributed by atoms with Gasteiger partial charge in [0, 0.05) is 28.9 Å². The van der Waals surface area contributed by atoms with Gasteiger partial charge in [0.2, 0.25) is 0 Å². The number of carbonyl (C=O) groups excluding carboxylic acids is 2. The lowest BCUT2D eigenvalue weighted by Gasteiger charge is -2.17. The van der Waals surface area contributed by atoms with Crippen molar-refractivity contribution in [3.63, 3.8) is 0 Å². The maximum atomic E-state index is 13.7. The average Bonchev–Trinajstić information content (AvgIpc) is 3.49. The Morgan fingerprint density at radius 1 is 0.667 bits per heavy atom. The van der Waals surface area contributed by atoms with Crippen molar-refractivity contribution >= 4 is 11.9 Å². The molecule has 2 aromatic carbocycles. The quantitative estimate of drug-likeness (QED) is 0.117. The van der Waals surface area contributed by atoms with Crippen molar-refractivity contribution in [2.45, 2.75) is 58.0 Å². The number of carbonyl (C=O) groups is 2. The fourth-order valence-electron chi connectivity index (χ4n) is 4.82. The number of alkyl halides is 6. The van der Waals surface area contributed by atoms with E-state index in [2.05, 4.69) is 9.97 Å². The lowest BCUT2D eigenvalue weighted by molar-refractivity contribution is -0.207. The minimum absolute atomic E-state index is 0.207. The van der Waals surface area contributed by atoms with E-state index in [1.165, 1.54) is 0 Å². The second kappa shape index (κ2) is 13.2. The number of nitrogens with one attached hydrogen (secondary N) is 2. The third-order valence-corrected chi connectivity index (χ3v) is 7.14. The molecule has 0 radical (unpaired) electrons. The summed E-state index contributed by atoms with van der Waals surface area (Å²) in [4.78, 5) is 30.8. The van der Waals surface area contributed by atoms with Crippen molar-refractivity contribution in [3.8, 4) is 0 Å². The molecule has 2 heterocycles. The van der Waals surface area contributed by atoms with Crippen LogP contribution in [0.1, 0.15) is 78.0 Å². The molecular weight excluding hydrogens is 610 g/mol. The molecule has 0 aliphatic heterocycles. The predicted octanol–water partition coefficient (Wildman–Crippen LogP) is 6.46. The molecule has 45 heavy (non-hydrogen) atoms. The minimum Gasteiger partial charge on any atom is -0.456 e. The zero-order valence-electron chi connectivity index (χ0n) is 23.8. The van der Waals surface area contributed by atoms with E-state index in [1.807, 2.05) is 0 Å². The average molecular weight is 639 g/mol. The van der Waals surface area contributed by atoms with Gasteiger partial charge < -0.3 is 29.7 Å². The highest BCUT2D eigenvalue weighted by Crippen LogP contribution is 2.40. The molecule has 2 aromatic heterocycles. The summed E-state index contributed by atoms with van der Waals surface area (Å²) in [5.74, 6) is -2.30. The lowest BCUT2D eigenvalue weighted by Crippen LogP contribution is -2.23. The van der Waals surface area contributed by atoms with Crippen LogP contribution in [0.4, 0.5) is 26.3 Å². The molecule has 0 saturated heterocycles. The van der Waals surface area contributed by atoms with Crippen LogP contribution in [-0.2, 0) is 29.1 Å². The number of benzene rings is 2. The molecule has 4 N–H and O–H groups in total. The van der Waals surface area contributed by atoms with Gasteiger partial charge >= 0.3 is 24.3 Å². The summed E-state index contributed by atoms with van der Waals surface area (Å²) >= 11 is 0. The van der Waals surface area contributed by atoms with Crippen LogP contribution in [0.25, 0.3) is 0 Å². The number of hydrogen-bond acceptors (Lipinski definition) is 6. The smallest absolute Gasteiger partial charge is 0.418 e. The van der Waals surface area contributed by atoms with Crippen LogP contribution in [0.2, 0.25) is 0 Å². The van der Waals surface area contributed by atoms with Gasteiger partial charge in [-0.05, 0) is 36.1 Å². The molecule has 0 spiro atoms. The minimum atomic E-state index is -5.21. The maximum absolute atomic E-state index is 13.7. The van der Waals surface area contributed by atoms with E-state index in [4.69, 9.17) is 9.47 Å². The summed E-state index contributed by atoms with van der Waals surface area (Å²) in [6, 6.07) is 16.6. The van der Waals surface area contributed by atoms with Crippen LogP contribution < -0.4 is 0 Å². The van der Waals surface area contributed by atoms with E-state index >= 15 is 0 Å². The Balaban J connectivity index is 1.73. The standard InChI is InChI=1S/C31H28F6N2O6/c1-16-20(38-25(23(16)27(41)31(35,36)37)29(43)45-15-19-11-7-4-8-12-19)13-21-22(26(40)30(32,33)34)17(2)24(39-21)28(42)44-14-18-9-5-3-6-10-18/h3-12,26-27,38-41H,13-15H2,1-2H3/t26-,27-/m1/s1. The van der Waals surface area contributed by atoms with Crippen molar-refractivity contribution in [2.24, 2.45) is 0 Å². The number of ether oxygens (including phenoxy) is 2. The van der Waals surface area contributed by atoms with E-state index in [1.54, 1.807) is 60.7 Å². The predicted molar refractivity (Wildman–Crippen MR) is 147 cm³/mol. The van der Waals surface area contributed by atoms with E-state index in [0.29, 0.717) is 11.1 Å². The molecule has 0 aliphatic rings. The third-order valence-electron chi connectivity index (χ3n) is 7.14. The molecule has 0 unspecified atom stereocenters. The molecule has 4 rings (SSSR count). The monoisotopic (exact) mass is 638 g/mol. The van der Waals surface area contributed by atoms with E-state index in [0.717, 1.165) is 13.8 Å². The van der Waals surface area contributed by atoms with E-state index in [-0.39, 0.29) is 35.7 Å². The van der Waals surface area contributed by atoms with Crippen LogP contribution >= 0.6 is 0 Å². The first kappa shape index (κ1) is 33.3. The molecule has 240 valence electrons. The van der Waals surface area contributed by atoms with Gasteiger partial charge in [-0.3, -0.25) is 0 Å². The fraction of sp³-hybridized carbons (Fsp3) is 0.290. The summed E-state index contributed by atoms with van der Waals surface area (Å²) in [5, 5.41) is 20.4. The first-order chi connectivity index (χ1) is 21.1. The van der Waals surface area contributed by atoms with Crippen molar-refractivity contribution in [3.05, 3.63) is 117 Å². The van der Waals surface area contributed by atoms with Crippen molar-refractivity contribution in [1.82, 2.24) is 9.97 Å². The number of aromatic nitrogens is 2.